The van der Waals surface area contributed by atoms with E-state index in [4.69, 9.17) is 17.3 Å². The van der Waals surface area contributed by atoms with Crippen LogP contribution in [0.1, 0.15) is 37.3 Å². The molecule has 1 aliphatic rings. The molecule has 15 heavy (non-hydrogen) atoms. The van der Waals surface area contributed by atoms with E-state index in [0.717, 1.165) is 10.6 Å². The molecule has 0 aromatic heterocycles. The molecule has 1 aromatic rings. The second-order valence-electron chi connectivity index (χ2n) is 4.09. The van der Waals surface area contributed by atoms with Gasteiger partial charge in [-0.3, -0.25) is 0 Å². The Kier molecular flexibility index (Phi) is 4.91. The Morgan fingerprint density at radius 1 is 1.20 bits per heavy atom. The summed E-state index contributed by atoms with van der Waals surface area (Å²) in [5.74, 6) is 0.634. The van der Waals surface area contributed by atoms with Crippen molar-refractivity contribution in [3.05, 3.63) is 34.9 Å². The maximum absolute atomic E-state index is 6.22. The number of hydrogen-bond donors (Lipinski definition) is 1. The first-order chi connectivity index (χ1) is 6.79. The van der Waals surface area contributed by atoms with E-state index < -0.39 is 0 Å². The van der Waals surface area contributed by atoms with Crippen molar-refractivity contribution in [3.63, 3.8) is 0 Å². The second-order valence-corrected chi connectivity index (χ2v) is 4.50. The Labute approximate surface area is 102 Å². The molecular weight excluding hydrogens is 229 g/mol. The number of hydrogen-bond acceptors (Lipinski definition) is 1. The standard InChI is InChI=1S/C12H16ClN.ClH/c13-11-8-4-3-7-10(11)12(14)9-5-1-2-6-9;/h3-4,7-9,12H,1-2,5-6,14H2;1H/t12-;/m0./s1. The van der Waals surface area contributed by atoms with Crippen LogP contribution >= 0.6 is 24.0 Å². The van der Waals surface area contributed by atoms with Gasteiger partial charge in [-0.05, 0) is 30.4 Å². The SMILES string of the molecule is Cl.N[C@H](c1ccccc1Cl)C1CCCC1. The van der Waals surface area contributed by atoms with Gasteiger partial charge in [-0.1, -0.05) is 42.6 Å². The highest BCUT2D eigenvalue weighted by molar-refractivity contribution is 6.31. The first-order valence-corrected chi connectivity index (χ1v) is 5.67. The Morgan fingerprint density at radius 3 is 2.40 bits per heavy atom. The minimum Gasteiger partial charge on any atom is -0.324 e. The lowest BCUT2D eigenvalue weighted by atomic mass is 9.92. The van der Waals surface area contributed by atoms with Gasteiger partial charge in [0.05, 0.1) is 0 Å². The van der Waals surface area contributed by atoms with E-state index in [9.17, 15) is 0 Å². The van der Waals surface area contributed by atoms with Crippen molar-refractivity contribution in [2.24, 2.45) is 11.7 Å². The molecule has 0 heterocycles. The smallest absolute Gasteiger partial charge is 0.0453 e. The molecule has 84 valence electrons. The van der Waals surface area contributed by atoms with Gasteiger partial charge in [0.2, 0.25) is 0 Å². The van der Waals surface area contributed by atoms with Crippen molar-refractivity contribution in [2.45, 2.75) is 31.7 Å². The highest BCUT2D eigenvalue weighted by atomic mass is 35.5. The number of halogens is 2. The fraction of sp³-hybridized carbons (Fsp3) is 0.500. The van der Waals surface area contributed by atoms with Gasteiger partial charge in [-0.25, -0.2) is 0 Å². The molecule has 0 unspecified atom stereocenters. The summed E-state index contributed by atoms with van der Waals surface area (Å²) < 4.78 is 0. The Bertz CT molecular complexity index is 308. The van der Waals surface area contributed by atoms with Gasteiger partial charge in [0.25, 0.3) is 0 Å². The first kappa shape index (κ1) is 12.8. The summed E-state index contributed by atoms with van der Waals surface area (Å²) in [5, 5.41) is 0.812. The summed E-state index contributed by atoms with van der Waals surface area (Å²) >= 11 is 6.12. The lowest BCUT2D eigenvalue weighted by Crippen LogP contribution is -2.19. The minimum atomic E-state index is 0. The highest BCUT2D eigenvalue weighted by Crippen LogP contribution is 2.36. The molecule has 0 saturated heterocycles. The minimum absolute atomic E-state index is 0. The van der Waals surface area contributed by atoms with Gasteiger partial charge in [0.15, 0.2) is 0 Å². The first-order valence-electron chi connectivity index (χ1n) is 5.29. The molecule has 0 amide bonds. The van der Waals surface area contributed by atoms with Gasteiger partial charge >= 0.3 is 0 Å². The van der Waals surface area contributed by atoms with Crippen LogP contribution in [-0.4, -0.2) is 0 Å². The van der Waals surface area contributed by atoms with Gasteiger partial charge < -0.3 is 5.73 Å². The Hall–Kier alpha value is -0.240. The van der Waals surface area contributed by atoms with Gasteiger partial charge in [-0.2, -0.15) is 0 Å². The van der Waals surface area contributed by atoms with Crippen LogP contribution in [0.3, 0.4) is 0 Å². The van der Waals surface area contributed by atoms with Gasteiger partial charge in [0, 0.05) is 11.1 Å². The predicted octanol–water partition coefficient (Wildman–Crippen LogP) is 3.95. The summed E-state index contributed by atoms with van der Waals surface area (Å²) in [5.41, 5.74) is 7.33. The molecule has 0 spiro atoms. The molecule has 0 bridgehead atoms. The van der Waals surface area contributed by atoms with Gasteiger partial charge in [0.1, 0.15) is 0 Å². The van der Waals surface area contributed by atoms with Crippen LogP contribution < -0.4 is 5.73 Å². The third-order valence-electron chi connectivity index (χ3n) is 3.17. The average molecular weight is 246 g/mol. The van der Waals surface area contributed by atoms with Crippen molar-refractivity contribution in [2.75, 3.05) is 0 Å². The molecule has 0 aliphatic heterocycles. The Morgan fingerprint density at radius 2 is 1.80 bits per heavy atom. The van der Waals surface area contributed by atoms with E-state index in [2.05, 4.69) is 0 Å². The lowest BCUT2D eigenvalue weighted by molar-refractivity contribution is 0.445. The summed E-state index contributed by atoms with van der Waals surface area (Å²) in [6.07, 6.45) is 5.16. The van der Waals surface area contributed by atoms with Crippen molar-refractivity contribution in [1.82, 2.24) is 0 Å². The number of rotatable bonds is 2. The Balaban J connectivity index is 0.00000112. The largest absolute Gasteiger partial charge is 0.324 e. The van der Waals surface area contributed by atoms with Crippen LogP contribution in [0.15, 0.2) is 24.3 Å². The summed E-state index contributed by atoms with van der Waals surface area (Å²) in [4.78, 5) is 0. The molecule has 3 heteroatoms. The molecule has 1 aromatic carbocycles. The highest BCUT2D eigenvalue weighted by Gasteiger charge is 2.24. The quantitative estimate of drug-likeness (QED) is 0.839. The van der Waals surface area contributed by atoms with Crippen molar-refractivity contribution in [1.29, 1.82) is 0 Å². The lowest BCUT2D eigenvalue weighted by Gasteiger charge is -2.20. The normalized spacial score (nSPS) is 18.5. The monoisotopic (exact) mass is 245 g/mol. The predicted molar refractivity (Wildman–Crippen MR) is 67.6 cm³/mol. The van der Waals surface area contributed by atoms with Crippen LogP contribution in [0.2, 0.25) is 5.02 Å². The van der Waals surface area contributed by atoms with Crippen LogP contribution in [-0.2, 0) is 0 Å². The molecule has 1 aliphatic carbocycles. The summed E-state index contributed by atoms with van der Waals surface area (Å²) in [6.45, 7) is 0. The van der Waals surface area contributed by atoms with Crippen LogP contribution in [0, 0.1) is 5.92 Å². The molecule has 1 saturated carbocycles. The molecule has 1 atom stereocenters. The third kappa shape index (κ3) is 2.87. The van der Waals surface area contributed by atoms with Crippen molar-refractivity contribution < 1.29 is 0 Å². The molecule has 1 nitrogen and oxygen atoms in total. The topological polar surface area (TPSA) is 26.0 Å². The zero-order valence-corrected chi connectivity index (χ0v) is 10.2. The van der Waals surface area contributed by atoms with E-state index >= 15 is 0 Å². The fourth-order valence-corrected chi connectivity index (χ4v) is 2.58. The van der Waals surface area contributed by atoms with E-state index in [1.807, 2.05) is 24.3 Å². The number of benzene rings is 1. The number of nitrogens with two attached hydrogens (primary N) is 1. The second kappa shape index (κ2) is 5.74. The maximum Gasteiger partial charge on any atom is 0.0453 e. The van der Waals surface area contributed by atoms with Crippen molar-refractivity contribution in [3.8, 4) is 0 Å². The van der Waals surface area contributed by atoms with E-state index in [0.29, 0.717) is 5.92 Å². The third-order valence-corrected chi connectivity index (χ3v) is 3.52. The zero-order valence-electron chi connectivity index (χ0n) is 8.66. The van der Waals surface area contributed by atoms with Crippen LogP contribution in [0.4, 0.5) is 0 Å². The molecular formula is C12H17Cl2N. The summed E-state index contributed by atoms with van der Waals surface area (Å²) in [6, 6.07) is 8.06. The molecule has 2 rings (SSSR count). The van der Waals surface area contributed by atoms with E-state index in [1.54, 1.807) is 0 Å². The van der Waals surface area contributed by atoms with Gasteiger partial charge in [-0.15, -0.1) is 12.4 Å². The van der Waals surface area contributed by atoms with E-state index in [-0.39, 0.29) is 18.4 Å². The molecule has 1 fully saturated rings. The zero-order chi connectivity index (χ0) is 9.97. The summed E-state index contributed by atoms with van der Waals surface area (Å²) in [7, 11) is 0. The molecule has 2 N–H and O–H groups in total. The fourth-order valence-electron chi connectivity index (χ4n) is 2.32. The van der Waals surface area contributed by atoms with Crippen LogP contribution in [0.5, 0.6) is 0 Å². The molecule has 0 radical (unpaired) electrons. The average Bonchev–Trinajstić information content (AvgIpc) is 2.70. The van der Waals surface area contributed by atoms with E-state index in [1.165, 1.54) is 25.7 Å². The maximum atomic E-state index is 6.22. The van der Waals surface area contributed by atoms with Crippen LogP contribution in [0.25, 0.3) is 0 Å². The van der Waals surface area contributed by atoms with Crippen molar-refractivity contribution >= 4 is 24.0 Å².